The summed E-state index contributed by atoms with van der Waals surface area (Å²) in [6.45, 7) is 3.85. The van der Waals surface area contributed by atoms with E-state index in [1.165, 1.54) is 6.07 Å². The number of Topliss-reactive ketones (excluding diaryl/α,β-unsaturated/α-hetero) is 1. The molecule has 0 atom stereocenters. The normalized spacial score (nSPS) is 11.4. The first-order valence-electron chi connectivity index (χ1n) is 6.37. The largest absolute Gasteiger partial charge is 0.294 e. The fourth-order valence-electron chi connectivity index (χ4n) is 1.73. The van der Waals surface area contributed by atoms with E-state index in [1.807, 2.05) is 13.8 Å². The number of rotatable bonds is 7. The lowest BCUT2D eigenvalue weighted by Gasteiger charge is -2.05. The number of sulfone groups is 1. The van der Waals surface area contributed by atoms with Crippen LogP contribution in [0.15, 0.2) is 29.2 Å². The number of carbonyl (C=O) groups is 1. The van der Waals surface area contributed by atoms with Gasteiger partial charge in [-0.25, -0.2) is 8.42 Å². The van der Waals surface area contributed by atoms with Crippen LogP contribution in [0.4, 0.5) is 0 Å². The molecule has 0 aromatic heterocycles. The van der Waals surface area contributed by atoms with Crippen molar-refractivity contribution < 1.29 is 13.2 Å². The highest BCUT2D eigenvalue weighted by atomic mass is 32.2. The lowest BCUT2D eigenvalue weighted by atomic mass is 10.1. The first-order valence-corrected chi connectivity index (χ1v) is 8.02. The van der Waals surface area contributed by atoms with Gasteiger partial charge in [-0.15, -0.1) is 0 Å². The molecule has 0 saturated heterocycles. The molecule has 1 aromatic rings. The molecule has 0 bridgehead atoms. The minimum absolute atomic E-state index is 0.0189. The van der Waals surface area contributed by atoms with Gasteiger partial charge in [0.2, 0.25) is 0 Å². The van der Waals surface area contributed by atoms with Crippen molar-refractivity contribution in [1.82, 2.24) is 0 Å². The van der Waals surface area contributed by atoms with Crippen molar-refractivity contribution >= 4 is 15.6 Å². The zero-order valence-corrected chi connectivity index (χ0v) is 11.8. The summed E-state index contributed by atoms with van der Waals surface area (Å²) >= 11 is 0. The summed E-state index contributed by atoms with van der Waals surface area (Å²) in [6, 6.07) is 6.38. The van der Waals surface area contributed by atoms with Gasteiger partial charge in [0.15, 0.2) is 15.6 Å². The number of carbonyl (C=O) groups excluding carboxylic acids is 1. The molecule has 1 aromatic carbocycles. The molecule has 0 radical (unpaired) electrons. The van der Waals surface area contributed by atoms with Crippen molar-refractivity contribution in [3.05, 3.63) is 29.8 Å². The van der Waals surface area contributed by atoms with Gasteiger partial charge in [-0.3, -0.25) is 4.79 Å². The Balaban J connectivity index is 2.96. The van der Waals surface area contributed by atoms with Crippen molar-refractivity contribution in [1.29, 1.82) is 0 Å². The highest BCUT2D eigenvalue weighted by Crippen LogP contribution is 2.16. The molecule has 100 valence electrons. The lowest BCUT2D eigenvalue weighted by Crippen LogP contribution is -2.07. The van der Waals surface area contributed by atoms with Gasteiger partial charge in [0.25, 0.3) is 0 Å². The molecule has 18 heavy (non-hydrogen) atoms. The van der Waals surface area contributed by atoms with E-state index in [-0.39, 0.29) is 16.4 Å². The van der Waals surface area contributed by atoms with Gasteiger partial charge >= 0.3 is 0 Å². The maximum atomic E-state index is 11.9. The smallest absolute Gasteiger partial charge is 0.178 e. The van der Waals surface area contributed by atoms with Crippen LogP contribution in [0.2, 0.25) is 0 Å². The van der Waals surface area contributed by atoms with E-state index in [1.54, 1.807) is 18.2 Å². The number of unbranched alkanes of at least 4 members (excludes halogenated alkanes) is 1. The van der Waals surface area contributed by atoms with E-state index < -0.39 is 9.84 Å². The molecule has 0 spiro atoms. The van der Waals surface area contributed by atoms with Crippen LogP contribution in [-0.4, -0.2) is 20.0 Å². The summed E-state index contributed by atoms with van der Waals surface area (Å²) in [5, 5.41) is 0. The molecular weight excluding hydrogens is 248 g/mol. The minimum atomic E-state index is -3.24. The van der Waals surface area contributed by atoms with Crippen molar-refractivity contribution in [3.63, 3.8) is 0 Å². The molecule has 0 aliphatic carbocycles. The van der Waals surface area contributed by atoms with Crippen LogP contribution in [0, 0.1) is 0 Å². The van der Waals surface area contributed by atoms with Gasteiger partial charge in [0, 0.05) is 12.0 Å². The van der Waals surface area contributed by atoms with Crippen LogP contribution in [-0.2, 0) is 9.84 Å². The molecule has 3 nitrogen and oxygen atoms in total. The van der Waals surface area contributed by atoms with Crippen molar-refractivity contribution in [3.8, 4) is 0 Å². The van der Waals surface area contributed by atoms with Gasteiger partial charge in [-0.2, -0.15) is 0 Å². The summed E-state index contributed by atoms with van der Waals surface area (Å²) in [5.41, 5.74) is 0.501. The lowest BCUT2D eigenvalue weighted by molar-refractivity contribution is 0.0979. The average molecular weight is 268 g/mol. The molecular formula is C14H20O3S. The highest BCUT2D eigenvalue weighted by Gasteiger charge is 2.15. The Morgan fingerprint density at radius 2 is 1.89 bits per heavy atom. The Bertz CT molecular complexity index is 504. The second-order valence-electron chi connectivity index (χ2n) is 4.37. The Labute approximate surface area is 109 Å². The number of hydrogen-bond donors (Lipinski definition) is 0. The molecule has 0 fully saturated rings. The molecule has 1 rings (SSSR count). The first kappa shape index (κ1) is 14.9. The van der Waals surface area contributed by atoms with Crippen LogP contribution in [0.3, 0.4) is 0 Å². The summed E-state index contributed by atoms with van der Waals surface area (Å²) in [7, 11) is -3.24. The summed E-state index contributed by atoms with van der Waals surface area (Å²) < 4.78 is 23.8. The summed E-state index contributed by atoms with van der Waals surface area (Å²) in [4.78, 5) is 12.1. The van der Waals surface area contributed by atoms with E-state index >= 15 is 0 Å². The fourth-order valence-corrected chi connectivity index (χ4v) is 3.10. The van der Waals surface area contributed by atoms with Crippen molar-refractivity contribution in [2.45, 2.75) is 44.4 Å². The quantitative estimate of drug-likeness (QED) is 0.713. The van der Waals surface area contributed by atoms with Gasteiger partial charge in [-0.1, -0.05) is 32.4 Å². The molecule has 4 heteroatoms. The zero-order chi connectivity index (χ0) is 13.6. The van der Waals surface area contributed by atoms with Crippen molar-refractivity contribution in [2.24, 2.45) is 0 Å². The van der Waals surface area contributed by atoms with Crippen molar-refractivity contribution in [2.75, 3.05) is 5.75 Å². The molecule has 0 unspecified atom stereocenters. The standard InChI is InChI=1S/C14H20O3S/c1-3-5-9-14(15)12-7-6-8-13(11-12)18(16,17)10-4-2/h6-8,11H,3-5,9-10H2,1-2H3. The van der Waals surface area contributed by atoms with Crippen LogP contribution >= 0.6 is 0 Å². The van der Waals surface area contributed by atoms with Gasteiger partial charge in [0.1, 0.15) is 0 Å². The Hall–Kier alpha value is -1.16. The molecule has 0 aliphatic heterocycles. The van der Waals surface area contributed by atoms with Gasteiger partial charge < -0.3 is 0 Å². The average Bonchev–Trinajstić information content (AvgIpc) is 2.36. The summed E-state index contributed by atoms with van der Waals surface area (Å²) in [5.74, 6) is 0.143. The number of ketones is 1. The van der Waals surface area contributed by atoms with Crippen LogP contribution in [0.25, 0.3) is 0 Å². The van der Waals surface area contributed by atoms with Crippen LogP contribution in [0.1, 0.15) is 49.9 Å². The second-order valence-corrected chi connectivity index (χ2v) is 6.48. The second kappa shape index (κ2) is 6.69. The van der Waals surface area contributed by atoms with Crippen LogP contribution in [0.5, 0.6) is 0 Å². The Morgan fingerprint density at radius 1 is 1.17 bits per heavy atom. The van der Waals surface area contributed by atoms with E-state index in [0.717, 1.165) is 12.8 Å². The maximum Gasteiger partial charge on any atom is 0.178 e. The zero-order valence-electron chi connectivity index (χ0n) is 11.0. The SMILES string of the molecule is CCCCC(=O)c1cccc(S(=O)(=O)CCC)c1. The molecule has 0 N–H and O–H groups in total. The third kappa shape index (κ3) is 3.95. The molecule has 0 aliphatic rings. The Kier molecular flexibility index (Phi) is 5.54. The topological polar surface area (TPSA) is 51.2 Å². The maximum absolute atomic E-state index is 11.9. The van der Waals surface area contributed by atoms with Crippen LogP contribution < -0.4 is 0 Å². The number of benzene rings is 1. The molecule has 0 heterocycles. The third-order valence-corrected chi connectivity index (χ3v) is 4.66. The van der Waals surface area contributed by atoms with E-state index in [2.05, 4.69) is 0 Å². The number of hydrogen-bond acceptors (Lipinski definition) is 3. The molecule has 0 saturated carbocycles. The fraction of sp³-hybridized carbons (Fsp3) is 0.500. The Morgan fingerprint density at radius 3 is 2.50 bits per heavy atom. The molecule has 0 amide bonds. The minimum Gasteiger partial charge on any atom is -0.294 e. The predicted octanol–water partition coefficient (Wildman–Crippen LogP) is 3.24. The monoisotopic (exact) mass is 268 g/mol. The van der Waals surface area contributed by atoms with Gasteiger partial charge in [-0.05, 0) is 25.0 Å². The first-order chi connectivity index (χ1) is 8.51. The summed E-state index contributed by atoms with van der Waals surface area (Å²) in [6.07, 6.45) is 2.86. The highest BCUT2D eigenvalue weighted by molar-refractivity contribution is 7.91. The predicted molar refractivity (Wildman–Crippen MR) is 72.6 cm³/mol. The van der Waals surface area contributed by atoms with E-state index in [9.17, 15) is 13.2 Å². The van der Waals surface area contributed by atoms with E-state index in [4.69, 9.17) is 0 Å². The van der Waals surface area contributed by atoms with E-state index in [0.29, 0.717) is 18.4 Å². The van der Waals surface area contributed by atoms with Gasteiger partial charge in [0.05, 0.1) is 10.6 Å². The third-order valence-electron chi connectivity index (χ3n) is 2.75.